The van der Waals surface area contributed by atoms with Crippen LogP contribution in [-0.4, -0.2) is 31.5 Å². The van der Waals surface area contributed by atoms with Gasteiger partial charge < -0.3 is 19.6 Å². The normalized spacial score (nSPS) is 19.3. The highest BCUT2D eigenvalue weighted by Gasteiger charge is 2.38. The van der Waals surface area contributed by atoms with Gasteiger partial charge in [-0.25, -0.2) is 0 Å². The van der Waals surface area contributed by atoms with E-state index in [1.165, 1.54) is 0 Å². The van der Waals surface area contributed by atoms with E-state index in [1.807, 2.05) is 24.3 Å². The number of para-hydroxylation sites is 1. The molecule has 1 aliphatic heterocycles. The van der Waals surface area contributed by atoms with Crippen LogP contribution in [0.15, 0.2) is 34.7 Å². The highest BCUT2D eigenvalue weighted by molar-refractivity contribution is 5.77. The molecule has 2 N–H and O–H groups in total. The van der Waals surface area contributed by atoms with Crippen LogP contribution in [0, 0.1) is 5.41 Å². The number of fused-ring (bicyclic) bond motifs is 1. The quantitative estimate of drug-likeness (QED) is 0.865. The number of aliphatic hydroxyl groups excluding tert-OH is 1. The van der Waals surface area contributed by atoms with Crippen LogP contribution < -0.4 is 5.32 Å². The Morgan fingerprint density at radius 3 is 2.79 bits per heavy atom. The Morgan fingerprint density at radius 1 is 1.37 bits per heavy atom. The Balaban J connectivity index is 1.68. The number of ether oxygens (including phenoxy) is 1. The maximum absolute atomic E-state index is 9.39. The Morgan fingerprint density at radius 2 is 2.16 bits per heavy atom. The van der Waals surface area contributed by atoms with E-state index in [2.05, 4.69) is 18.3 Å². The van der Waals surface area contributed by atoms with Crippen LogP contribution in [0.3, 0.4) is 0 Å². The van der Waals surface area contributed by atoms with Gasteiger partial charge >= 0.3 is 0 Å². The van der Waals surface area contributed by atoms with Crippen molar-refractivity contribution in [3.63, 3.8) is 0 Å². The summed E-state index contributed by atoms with van der Waals surface area (Å²) in [5, 5.41) is 13.9. The van der Waals surface area contributed by atoms with Crippen molar-refractivity contribution in [1.29, 1.82) is 0 Å². The lowest BCUT2D eigenvalue weighted by Gasteiger charge is -2.40. The van der Waals surface area contributed by atoms with E-state index >= 15 is 0 Å². The van der Waals surface area contributed by atoms with Crippen molar-refractivity contribution in [1.82, 2.24) is 5.32 Å². The van der Waals surface area contributed by atoms with Crippen LogP contribution in [0.5, 0.6) is 0 Å². The van der Waals surface area contributed by atoms with Crippen LogP contribution in [0.25, 0.3) is 11.0 Å². The summed E-state index contributed by atoms with van der Waals surface area (Å²) in [6, 6.07) is 10.2. The number of hydrogen-bond donors (Lipinski definition) is 2. The third-order valence-electron chi connectivity index (χ3n) is 3.81. The topological polar surface area (TPSA) is 54.6 Å². The third-order valence-corrected chi connectivity index (χ3v) is 3.81. The summed E-state index contributed by atoms with van der Waals surface area (Å²) < 4.78 is 11.0. The molecule has 0 bridgehead atoms. The van der Waals surface area contributed by atoms with Gasteiger partial charge in [0.25, 0.3) is 0 Å². The number of hydrogen-bond acceptors (Lipinski definition) is 4. The summed E-state index contributed by atoms with van der Waals surface area (Å²) in [5.74, 6) is 0.925. The molecule has 1 aromatic heterocycles. The predicted octanol–water partition coefficient (Wildman–Crippen LogP) is 2.09. The lowest BCUT2D eigenvalue weighted by molar-refractivity contribution is -0.135. The molecule has 3 rings (SSSR count). The SMILES string of the molecule is CC(NCC1(CO)COC1)c1cc2ccccc2o1. The van der Waals surface area contributed by atoms with Gasteiger partial charge in [-0.1, -0.05) is 18.2 Å². The van der Waals surface area contributed by atoms with Gasteiger partial charge in [-0.3, -0.25) is 0 Å². The average Bonchev–Trinajstić information content (AvgIpc) is 2.81. The minimum atomic E-state index is -0.111. The number of nitrogens with one attached hydrogen (secondary N) is 1. The standard InChI is InChI=1S/C15H19NO3/c1-11(16-7-15(8-17)9-18-10-15)14-6-12-4-2-3-5-13(12)19-14/h2-6,11,16-17H,7-10H2,1H3. The number of furan rings is 1. The fourth-order valence-electron chi connectivity index (χ4n) is 2.33. The second-order valence-corrected chi connectivity index (χ2v) is 5.44. The minimum Gasteiger partial charge on any atom is -0.459 e. The van der Waals surface area contributed by atoms with Crippen LogP contribution in [0.4, 0.5) is 0 Å². The molecule has 102 valence electrons. The van der Waals surface area contributed by atoms with Crippen molar-refractivity contribution >= 4 is 11.0 Å². The first-order valence-corrected chi connectivity index (χ1v) is 6.63. The van der Waals surface area contributed by atoms with Gasteiger partial charge in [-0.15, -0.1) is 0 Å². The first kappa shape index (κ1) is 12.7. The molecular formula is C15H19NO3. The van der Waals surface area contributed by atoms with Crippen LogP contribution in [0.1, 0.15) is 18.7 Å². The molecule has 0 amide bonds. The molecular weight excluding hydrogens is 242 g/mol. The summed E-state index contributed by atoms with van der Waals surface area (Å²) in [6.07, 6.45) is 0. The highest BCUT2D eigenvalue weighted by atomic mass is 16.5. The molecule has 1 fully saturated rings. The zero-order chi connectivity index (χ0) is 13.3. The molecule has 2 heterocycles. The molecule has 1 aromatic carbocycles. The Bertz CT molecular complexity index is 521. The highest BCUT2D eigenvalue weighted by Crippen LogP contribution is 2.28. The van der Waals surface area contributed by atoms with Gasteiger partial charge in [0.2, 0.25) is 0 Å². The lowest BCUT2D eigenvalue weighted by Crippen LogP contribution is -2.52. The number of aliphatic hydroxyl groups is 1. The van der Waals surface area contributed by atoms with Crippen LogP contribution >= 0.6 is 0 Å². The maximum atomic E-state index is 9.39. The van der Waals surface area contributed by atoms with Gasteiger partial charge in [0.1, 0.15) is 11.3 Å². The van der Waals surface area contributed by atoms with Crippen molar-refractivity contribution in [3.05, 3.63) is 36.1 Å². The summed E-state index contributed by atoms with van der Waals surface area (Å²) in [6.45, 7) is 4.23. The molecule has 19 heavy (non-hydrogen) atoms. The van der Waals surface area contributed by atoms with Crippen molar-refractivity contribution < 1.29 is 14.3 Å². The fraction of sp³-hybridized carbons (Fsp3) is 0.467. The predicted molar refractivity (Wildman–Crippen MR) is 73.0 cm³/mol. The summed E-state index contributed by atoms with van der Waals surface area (Å²) >= 11 is 0. The number of rotatable bonds is 5. The molecule has 4 heteroatoms. The molecule has 1 atom stereocenters. The first-order valence-electron chi connectivity index (χ1n) is 6.63. The molecule has 1 aliphatic rings. The smallest absolute Gasteiger partial charge is 0.134 e. The van der Waals surface area contributed by atoms with Gasteiger partial charge in [-0.2, -0.15) is 0 Å². The lowest BCUT2D eigenvalue weighted by atomic mass is 9.87. The Labute approximate surface area is 112 Å². The fourth-order valence-corrected chi connectivity index (χ4v) is 2.33. The Hall–Kier alpha value is -1.36. The number of benzene rings is 1. The molecule has 0 aliphatic carbocycles. The largest absolute Gasteiger partial charge is 0.459 e. The second-order valence-electron chi connectivity index (χ2n) is 5.44. The van der Waals surface area contributed by atoms with E-state index in [0.29, 0.717) is 13.2 Å². The molecule has 1 unspecified atom stereocenters. The molecule has 0 saturated carbocycles. The average molecular weight is 261 g/mol. The second kappa shape index (κ2) is 4.96. The monoisotopic (exact) mass is 261 g/mol. The maximum Gasteiger partial charge on any atom is 0.134 e. The van der Waals surface area contributed by atoms with E-state index in [1.54, 1.807) is 0 Å². The zero-order valence-electron chi connectivity index (χ0n) is 11.1. The summed E-state index contributed by atoms with van der Waals surface area (Å²) in [4.78, 5) is 0. The van der Waals surface area contributed by atoms with Crippen LogP contribution in [0.2, 0.25) is 0 Å². The molecule has 4 nitrogen and oxygen atoms in total. The van der Waals surface area contributed by atoms with Gasteiger partial charge in [-0.05, 0) is 19.1 Å². The van der Waals surface area contributed by atoms with E-state index in [0.717, 1.165) is 23.3 Å². The molecule has 0 spiro atoms. The van der Waals surface area contributed by atoms with Gasteiger partial charge in [0, 0.05) is 11.9 Å². The van der Waals surface area contributed by atoms with Crippen molar-refractivity contribution in [2.45, 2.75) is 13.0 Å². The third kappa shape index (κ3) is 2.39. The van der Waals surface area contributed by atoms with E-state index in [9.17, 15) is 5.11 Å². The Kier molecular flexibility index (Phi) is 3.31. The van der Waals surface area contributed by atoms with E-state index < -0.39 is 0 Å². The van der Waals surface area contributed by atoms with Crippen molar-refractivity contribution in [3.8, 4) is 0 Å². The van der Waals surface area contributed by atoms with Crippen LogP contribution in [-0.2, 0) is 4.74 Å². The molecule has 1 saturated heterocycles. The van der Waals surface area contributed by atoms with Crippen molar-refractivity contribution in [2.24, 2.45) is 5.41 Å². The summed E-state index contributed by atoms with van der Waals surface area (Å²) in [5.41, 5.74) is 0.801. The molecule has 0 radical (unpaired) electrons. The van der Waals surface area contributed by atoms with Gasteiger partial charge in [0.05, 0.1) is 31.3 Å². The zero-order valence-corrected chi connectivity index (χ0v) is 11.1. The first-order chi connectivity index (χ1) is 9.22. The van der Waals surface area contributed by atoms with Crippen molar-refractivity contribution in [2.75, 3.05) is 26.4 Å². The van der Waals surface area contributed by atoms with E-state index in [-0.39, 0.29) is 18.1 Å². The molecule has 2 aromatic rings. The summed E-state index contributed by atoms with van der Waals surface area (Å²) in [7, 11) is 0. The van der Waals surface area contributed by atoms with Gasteiger partial charge in [0.15, 0.2) is 0 Å². The van der Waals surface area contributed by atoms with E-state index in [4.69, 9.17) is 9.15 Å². The minimum absolute atomic E-state index is 0.111.